The lowest BCUT2D eigenvalue weighted by molar-refractivity contribution is 0.103. The first-order valence-electron chi connectivity index (χ1n) is 6.90. The van der Waals surface area contributed by atoms with Gasteiger partial charge in [-0.3, -0.25) is 4.79 Å². The summed E-state index contributed by atoms with van der Waals surface area (Å²) in [6.45, 7) is 0. The van der Waals surface area contributed by atoms with E-state index >= 15 is 0 Å². The number of methoxy groups -OCH3 is 1. The van der Waals surface area contributed by atoms with Crippen molar-refractivity contribution in [2.45, 2.75) is 23.7 Å². The Bertz CT molecular complexity index is 883. The summed E-state index contributed by atoms with van der Waals surface area (Å²) in [5, 5.41) is 3.80. The van der Waals surface area contributed by atoms with E-state index in [2.05, 4.69) is 5.16 Å². The smallest absolute Gasteiger partial charge is 0.199 e. The van der Waals surface area contributed by atoms with Gasteiger partial charge in [-0.05, 0) is 25.0 Å². The van der Waals surface area contributed by atoms with Crippen molar-refractivity contribution in [1.29, 1.82) is 0 Å². The molecule has 0 aliphatic heterocycles. The van der Waals surface area contributed by atoms with Crippen LogP contribution in [0.2, 0.25) is 5.02 Å². The van der Waals surface area contributed by atoms with E-state index in [1.54, 1.807) is 0 Å². The fourth-order valence-electron chi connectivity index (χ4n) is 2.48. The maximum Gasteiger partial charge on any atom is 0.199 e. The summed E-state index contributed by atoms with van der Waals surface area (Å²) in [5.74, 6) is 0.170. The quantitative estimate of drug-likeness (QED) is 0.766. The molecule has 0 N–H and O–H groups in total. The highest BCUT2D eigenvalue weighted by Gasteiger charge is 2.34. The van der Waals surface area contributed by atoms with Gasteiger partial charge in [-0.2, -0.15) is 0 Å². The van der Waals surface area contributed by atoms with Crippen molar-refractivity contribution in [3.63, 3.8) is 0 Å². The number of hydrogen-bond acceptors (Lipinski definition) is 6. The number of carbonyl (C=O) groups excluding carboxylic acids is 1. The zero-order valence-electron chi connectivity index (χ0n) is 12.5. The molecular weight excluding hydrogens is 342 g/mol. The predicted molar refractivity (Wildman–Crippen MR) is 83.0 cm³/mol. The van der Waals surface area contributed by atoms with Crippen molar-refractivity contribution in [3.8, 4) is 5.75 Å². The number of sulfone groups is 1. The monoisotopic (exact) mass is 355 g/mol. The Morgan fingerprint density at radius 1 is 1.35 bits per heavy atom. The van der Waals surface area contributed by atoms with E-state index in [9.17, 15) is 13.2 Å². The van der Waals surface area contributed by atoms with E-state index < -0.39 is 15.6 Å². The first-order chi connectivity index (χ1) is 10.8. The third kappa shape index (κ3) is 2.86. The van der Waals surface area contributed by atoms with Crippen molar-refractivity contribution >= 4 is 27.2 Å². The van der Waals surface area contributed by atoms with Crippen LogP contribution in [-0.2, 0) is 9.84 Å². The van der Waals surface area contributed by atoms with E-state index in [1.807, 2.05) is 0 Å². The Kier molecular flexibility index (Phi) is 3.93. The number of halogens is 1. The van der Waals surface area contributed by atoms with Crippen LogP contribution in [-0.4, -0.2) is 32.7 Å². The standard InChI is InChI=1S/C15H14ClNO5S/c1-21-14-11(16)6-5-9(15(14)23(2,19)20)12(18)10-7-17-22-13(10)8-3-4-8/h5-8H,3-4H2,1-2H3. The summed E-state index contributed by atoms with van der Waals surface area (Å²) in [6.07, 6.45) is 4.19. The third-order valence-electron chi connectivity index (χ3n) is 3.67. The zero-order chi connectivity index (χ0) is 16.8. The molecule has 0 atom stereocenters. The van der Waals surface area contributed by atoms with Crippen molar-refractivity contribution in [2.24, 2.45) is 0 Å². The molecule has 0 radical (unpaired) electrons. The summed E-state index contributed by atoms with van der Waals surface area (Å²) in [7, 11) is -2.43. The van der Waals surface area contributed by atoms with Gasteiger partial charge in [0, 0.05) is 17.7 Å². The van der Waals surface area contributed by atoms with Crippen molar-refractivity contribution in [2.75, 3.05) is 13.4 Å². The molecule has 3 rings (SSSR count). The van der Waals surface area contributed by atoms with E-state index in [0.717, 1.165) is 19.1 Å². The second-order valence-corrected chi connectivity index (χ2v) is 7.80. The minimum atomic E-state index is -3.73. The van der Waals surface area contributed by atoms with Crippen LogP contribution in [0.4, 0.5) is 0 Å². The molecule has 6 nitrogen and oxygen atoms in total. The lowest BCUT2D eigenvalue weighted by Crippen LogP contribution is -2.12. The second-order valence-electron chi connectivity index (χ2n) is 5.44. The highest BCUT2D eigenvalue weighted by Crippen LogP contribution is 2.43. The second kappa shape index (κ2) is 5.65. The van der Waals surface area contributed by atoms with Gasteiger partial charge in [0.25, 0.3) is 0 Å². The molecule has 23 heavy (non-hydrogen) atoms. The Balaban J connectivity index is 2.19. The van der Waals surface area contributed by atoms with Crippen LogP contribution in [0, 0.1) is 0 Å². The molecule has 1 fully saturated rings. The van der Waals surface area contributed by atoms with Crippen molar-refractivity contribution < 1.29 is 22.5 Å². The van der Waals surface area contributed by atoms with Gasteiger partial charge in [-0.1, -0.05) is 16.8 Å². The lowest BCUT2D eigenvalue weighted by Gasteiger charge is -2.13. The highest BCUT2D eigenvalue weighted by atomic mass is 35.5. The van der Waals surface area contributed by atoms with Crippen molar-refractivity contribution in [3.05, 3.63) is 40.2 Å². The number of ether oxygens (including phenoxy) is 1. The van der Waals surface area contributed by atoms with E-state index in [4.69, 9.17) is 20.9 Å². The SMILES string of the molecule is COc1c(Cl)ccc(C(=O)c2cnoc2C2CC2)c1S(C)(=O)=O. The predicted octanol–water partition coefficient (Wildman–Crippen LogP) is 2.85. The number of rotatable bonds is 5. The van der Waals surface area contributed by atoms with E-state index in [1.165, 1.54) is 25.4 Å². The third-order valence-corrected chi connectivity index (χ3v) is 5.12. The zero-order valence-corrected chi connectivity index (χ0v) is 14.1. The van der Waals surface area contributed by atoms with Crippen LogP contribution >= 0.6 is 11.6 Å². The Morgan fingerprint density at radius 2 is 2.04 bits per heavy atom. The summed E-state index contributed by atoms with van der Waals surface area (Å²) in [6, 6.07) is 2.82. The molecule has 1 heterocycles. The number of benzene rings is 1. The van der Waals surface area contributed by atoms with Gasteiger partial charge in [0.1, 0.15) is 4.90 Å². The van der Waals surface area contributed by atoms with Crippen LogP contribution in [0.25, 0.3) is 0 Å². The van der Waals surface area contributed by atoms with E-state index in [-0.39, 0.29) is 32.7 Å². The van der Waals surface area contributed by atoms with Crippen LogP contribution in [0.5, 0.6) is 5.75 Å². The Morgan fingerprint density at radius 3 is 2.61 bits per heavy atom. The molecule has 1 aromatic carbocycles. The number of hydrogen-bond donors (Lipinski definition) is 0. The molecule has 8 heteroatoms. The molecule has 1 aliphatic carbocycles. The molecule has 0 spiro atoms. The normalized spacial score (nSPS) is 14.7. The van der Waals surface area contributed by atoms with E-state index in [0.29, 0.717) is 5.76 Å². The van der Waals surface area contributed by atoms with Gasteiger partial charge in [-0.25, -0.2) is 8.42 Å². The molecule has 1 aromatic heterocycles. The molecule has 122 valence electrons. The number of nitrogens with zero attached hydrogens (tertiary/aromatic N) is 1. The minimum absolute atomic E-state index is 0.00106. The van der Waals surface area contributed by atoms with Gasteiger partial charge in [-0.15, -0.1) is 0 Å². The Labute approximate surface area is 138 Å². The topological polar surface area (TPSA) is 86.5 Å². The molecule has 0 saturated heterocycles. The first kappa shape index (κ1) is 16.0. The van der Waals surface area contributed by atoms with Crippen molar-refractivity contribution in [1.82, 2.24) is 5.16 Å². The fourth-order valence-corrected chi connectivity index (χ4v) is 3.86. The minimum Gasteiger partial charge on any atom is -0.494 e. The van der Waals surface area contributed by atoms with Crippen LogP contribution < -0.4 is 4.74 Å². The summed E-state index contributed by atoms with van der Waals surface area (Å²) in [5.41, 5.74) is 0.278. The van der Waals surface area contributed by atoms with Gasteiger partial charge < -0.3 is 9.26 Å². The maximum atomic E-state index is 12.8. The summed E-state index contributed by atoms with van der Waals surface area (Å²) < 4.78 is 34.6. The highest BCUT2D eigenvalue weighted by molar-refractivity contribution is 7.91. The molecule has 0 amide bonds. The summed E-state index contributed by atoms with van der Waals surface area (Å²) >= 11 is 6.00. The first-order valence-corrected chi connectivity index (χ1v) is 9.17. The van der Waals surface area contributed by atoms with Crippen LogP contribution in [0.15, 0.2) is 27.7 Å². The molecule has 0 unspecified atom stereocenters. The van der Waals surface area contributed by atoms with Gasteiger partial charge in [0.2, 0.25) is 0 Å². The van der Waals surface area contributed by atoms with Crippen LogP contribution in [0.1, 0.15) is 40.4 Å². The summed E-state index contributed by atoms with van der Waals surface area (Å²) in [4.78, 5) is 12.6. The maximum absolute atomic E-state index is 12.8. The molecule has 1 saturated carbocycles. The molecular formula is C15H14ClNO5S. The van der Waals surface area contributed by atoms with Gasteiger partial charge >= 0.3 is 0 Å². The number of ketones is 1. The molecule has 1 aliphatic rings. The average Bonchev–Trinajstić information content (AvgIpc) is 3.22. The lowest BCUT2D eigenvalue weighted by atomic mass is 10.0. The fraction of sp³-hybridized carbons (Fsp3) is 0.333. The number of carbonyl (C=O) groups is 1. The molecule has 2 aromatic rings. The Hall–Kier alpha value is -1.86. The van der Waals surface area contributed by atoms with Crippen LogP contribution in [0.3, 0.4) is 0 Å². The largest absolute Gasteiger partial charge is 0.494 e. The van der Waals surface area contributed by atoms with Gasteiger partial charge in [0.05, 0.1) is 23.9 Å². The number of aromatic nitrogens is 1. The molecule has 0 bridgehead atoms. The van der Waals surface area contributed by atoms with Gasteiger partial charge in [0.15, 0.2) is 27.1 Å². The average molecular weight is 356 g/mol.